The smallest absolute Gasteiger partial charge is 0.254 e. The Morgan fingerprint density at radius 3 is 2.75 bits per heavy atom. The molecule has 3 nitrogen and oxygen atoms in total. The lowest BCUT2D eigenvalue weighted by Gasteiger charge is -2.07. The zero-order chi connectivity index (χ0) is 12.1. The van der Waals surface area contributed by atoms with Gasteiger partial charge in [-0.15, -0.1) is 0 Å². The van der Waals surface area contributed by atoms with E-state index in [1.54, 1.807) is 6.92 Å². The largest absolute Gasteiger partial charge is 0.393 e. The summed E-state index contributed by atoms with van der Waals surface area (Å²) < 4.78 is 25.7. The number of nitrogens with one attached hydrogen (secondary N) is 1. The quantitative estimate of drug-likeness (QED) is 0.821. The minimum absolute atomic E-state index is 0.202. The SMILES string of the molecule is CC(O)CCNC(=O)c1ccc(F)cc1F. The van der Waals surface area contributed by atoms with Gasteiger partial charge < -0.3 is 10.4 Å². The zero-order valence-electron chi connectivity index (χ0n) is 8.84. The molecule has 0 fully saturated rings. The summed E-state index contributed by atoms with van der Waals surface area (Å²) in [5, 5.41) is 11.4. The monoisotopic (exact) mass is 229 g/mol. The standard InChI is InChI=1S/C11H13F2NO2/c1-7(15)4-5-14-11(16)9-3-2-8(12)6-10(9)13/h2-3,6-7,15H,4-5H2,1H3,(H,14,16). The van der Waals surface area contributed by atoms with Crippen molar-refractivity contribution in [1.29, 1.82) is 0 Å². The Morgan fingerprint density at radius 1 is 1.50 bits per heavy atom. The Kier molecular flexibility index (Phi) is 4.37. The van der Waals surface area contributed by atoms with Crippen LogP contribution in [0.2, 0.25) is 0 Å². The Balaban J connectivity index is 2.59. The molecule has 0 heterocycles. The van der Waals surface area contributed by atoms with Crippen LogP contribution in [-0.2, 0) is 0 Å². The Bertz CT molecular complexity index is 380. The van der Waals surface area contributed by atoms with E-state index in [0.717, 1.165) is 12.1 Å². The molecule has 0 saturated carbocycles. The molecule has 1 aromatic carbocycles. The lowest BCUT2D eigenvalue weighted by atomic mass is 10.2. The summed E-state index contributed by atoms with van der Waals surface area (Å²) in [6.45, 7) is 1.83. The fourth-order valence-corrected chi connectivity index (χ4v) is 1.16. The summed E-state index contributed by atoms with van der Waals surface area (Å²) in [6, 6.07) is 2.76. The molecular formula is C11H13F2NO2. The van der Waals surface area contributed by atoms with Gasteiger partial charge in [-0.05, 0) is 25.5 Å². The molecule has 1 unspecified atom stereocenters. The third-order valence-corrected chi connectivity index (χ3v) is 2.02. The van der Waals surface area contributed by atoms with Crippen molar-refractivity contribution in [1.82, 2.24) is 5.32 Å². The average molecular weight is 229 g/mol. The number of rotatable bonds is 4. The Hall–Kier alpha value is -1.49. The molecule has 16 heavy (non-hydrogen) atoms. The summed E-state index contributed by atoms with van der Waals surface area (Å²) >= 11 is 0. The van der Waals surface area contributed by atoms with Crippen LogP contribution in [0.4, 0.5) is 8.78 Å². The van der Waals surface area contributed by atoms with E-state index in [1.807, 2.05) is 0 Å². The molecule has 1 amide bonds. The van der Waals surface area contributed by atoms with E-state index in [4.69, 9.17) is 5.11 Å². The molecule has 1 atom stereocenters. The highest BCUT2D eigenvalue weighted by molar-refractivity contribution is 5.94. The topological polar surface area (TPSA) is 49.3 Å². The van der Waals surface area contributed by atoms with Gasteiger partial charge in [0.2, 0.25) is 0 Å². The van der Waals surface area contributed by atoms with Gasteiger partial charge in [-0.25, -0.2) is 8.78 Å². The molecule has 88 valence electrons. The van der Waals surface area contributed by atoms with Gasteiger partial charge in [-0.3, -0.25) is 4.79 Å². The van der Waals surface area contributed by atoms with E-state index in [2.05, 4.69) is 5.32 Å². The van der Waals surface area contributed by atoms with Crippen molar-refractivity contribution < 1.29 is 18.7 Å². The van der Waals surface area contributed by atoms with E-state index in [0.29, 0.717) is 12.5 Å². The molecule has 1 rings (SSSR count). The van der Waals surface area contributed by atoms with Crippen LogP contribution in [0.1, 0.15) is 23.7 Å². The van der Waals surface area contributed by atoms with Crippen molar-refractivity contribution in [2.24, 2.45) is 0 Å². The number of carbonyl (C=O) groups excluding carboxylic acids is 1. The molecule has 1 aromatic rings. The van der Waals surface area contributed by atoms with Crippen molar-refractivity contribution in [2.45, 2.75) is 19.4 Å². The minimum Gasteiger partial charge on any atom is -0.393 e. The van der Waals surface area contributed by atoms with Crippen molar-refractivity contribution in [3.8, 4) is 0 Å². The van der Waals surface area contributed by atoms with Crippen molar-refractivity contribution in [2.75, 3.05) is 6.54 Å². The average Bonchev–Trinajstić information content (AvgIpc) is 2.16. The second kappa shape index (κ2) is 5.55. The lowest BCUT2D eigenvalue weighted by molar-refractivity contribution is 0.0941. The number of amides is 1. The summed E-state index contributed by atoms with van der Waals surface area (Å²) in [5.74, 6) is -2.23. The Morgan fingerprint density at radius 2 is 2.19 bits per heavy atom. The highest BCUT2D eigenvalue weighted by atomic mass is 19.1. The minimum atomic E-state index is -0.894. The second-order valence-corrected chi connectivity index (χ2v) is 3.52. The van der Waals surface area contributed by atoms with Gasteiger partial charge in [0, 0.05) is 12.6 Å². The third kappa shape index (κ3) is 3.58. The third-order valence-electron chi connectivity index (χ3n) is 2.02. The number of carbonyl (C=O) groups is 1. The van der Waals surface area contributed by atoms with Crippen molar-refractivity contribution >= 4 is 5.91 Å². The molecule has 0 spiro atoms. The lowest BCUT2D eigenvalue weighted by Crippen LogP contribution is -2.27. The summed E-state index contributed by atoms with van der Waals surface area (Å²) in [4.78, 5) is 11.4. The number of benzene rings is 1. The van der Waals surface area contributed by atoms with E-state index >= 15 is 0 Å². The summed E-state index contributed by atoms with van der Waals surface area (Å²) in [5.41, 5.74) is -0.202. The molecule has 0 saturated heterocycles. The van der Waals surface area contributed by atoms with Crippen LogP contribution in [0, 0.1) is 11.6 Å². The van der Waals surface area contributed by atoms with Gasteiger partial charge in [0.05, 0.1) is 11.7 Å². The molecule has 0 radical (unpaired) electrons. The number of halogens is 2. The maximum Gasteiger partial charge on any atom is 0.254 e. The van der Waals surface area contributed by atoms with Crippen LogP contribution in [0.25, 0.3) is 0 Å². The predicted octanol–water partition coefficient (Wildman–Crippen LogP) is 1.47. The van der Waals surface area contributed by atoms with E-state index in [9.17, 15) is 13.6 Å². The van der Waals surface area contributed by atoms with Gasteiger partial charge in [-0.1, -0.05) is 0 Å². The molecular weight excluding hydrogens is 216 g/mol. The summed E-state index contributed by atoms with van der Waals surface area (Å²) in [7, 11) is 0. The van der Waals surface area contributed by atoms with Crippen molar-refractivity contribution in [3.05, 3.63) is 35.4 Å². The molecule has 0 aromatic heterocycles. The van der Waals surface area contributed by atoms with Crippen LogP contribution in [-0.4, -0.2) is 23.7 Å². The maximum atomic E-state index is 13.1. The van der Waals surface area contributed by atoms with Gasteiger partial charge in [-0.2, -0.15) is 0 Å². The van der Waals surface area contributed by atoms with Crippen LogP contribution >= 0.6 is 0 Å². The van der Waals surface area contributed by atoms with E-state index in [1.165, 1.54) is 0 Å². The fourth-order valence-electron chi connectivity index (χ4n) is 1.16. The van der Waals surface area contributed by atoms with Crippen LogP contribution in [0.15, 0.2) is 18.2 Å². The molecule has 2 N–H and O–H groups in total. The van der Waals surface area contributed by atoms with E-state index in [-0.39, 0.29) is 12.1 Å². The van der Waals surface area contributed by atoms with Gasteiger partial charge in [0.25, 0.3) is 5.91 Å². The highest BCUT2D eigenvalue weighted by Crippen LogP contribution is 2.09. The van der Waals surface area contributed by atoms with E-state index < -0.39 is 23.6 Å². The predicted molar refractivity (Wildman–Crippen MR) is 55.0 cm³/mol. The number of hydrogen-bond donors (Lipinski definition) is 2. The molecule has 0 aliphatic heterocycles. The first kappa shape index (κ1) is 12.6. The fraction of sp³-hybridized carbons (Fsp3) is 0.364. The van der Waals surface area contributed by atoms with Crippen LogP contribution < -0.4 is 5.32 Å². The molecule has 0 aliphatic rings. The van der Waals surface area contributed by atoms with Gasteiger partial charge >= 0.3 is 0 Å². The highest BCUT2D eigenvalue weighted by Gasteiger charge is 2.11. The maximum absolute atomic E-state index is 13.1. The van der Waals surface area contributed by atoms with Crippen LogP contribution in [0.5, 0.6) is 0 Å². The first-order chi connectivity index (χ1) is 7.50. The normalized spacial score (nSPS) is 12.2. The number of hydrogen-bond acceptors (Lipinski definition) is 2. The van der Waals surface area contributed by atoms with Gasteiger partial charge in [0.1, 0.15) is 11.6 Å². The molecule has 0 bridgehead atoms. The number of aliphatic hydroxyl groups is 1. The van der Waals surface area contributed by atoms with Crippen molar-refractivity contribution in [3.63, 3.8) is 0 Å². The van der Waals surface area contributed by atoms with Gasteiger partial charge in [0.15, 0.2) is 0 Å². The first-order valence-corrected chi connectivity index (χ1v) is 4.92. The second-order valence-electron chi connectivity index (χ2n) is 3.52. The zero-order valence-corrected chi connectivity index (χ0v) is 8.84. The molecule has 0 aliphatic carbocycles. The Labute approximate surface area is 92.1 Å². The summed E-state index contributed by atoms with van der Waals surface area (Å²) in [6.07, 6.45) is -0.146. The van der Waals surface area contributed by atoms with Crippen LogP contribution in [0.3, 0.4) is 0 Å². The molecule has 5 heteroatoms. The first-order valence-electron chi connectivity index (χ1n) is 4.92. The number of aliphatic hydroxyl groups excluding tert-OH is 1.